The summed E-state index contributed by atoms with van der Waals surface area (Å²) < 4.78 is 0. The van der Waals surface area contributed by atoms with Gasteiger partial charge >= 0.3 is 0 Å². The van der Waals surface area contributed by atoms with Gasteiger partial charge in [-0.3, -0.25) is 4.98 Å². The molecule has 4 heteroatoms. The Morgan fingerprint density at radius 1 is 0.714 bits per heavy atom. The van der Waals surface area contributed by atoms with E-state index in [2.05, 4.69) is 27.3 Å². The maximum absolute atomic E-state index is 4.48. The number of hydrogen-bond acceptors (Lipinski definition) is 4. The van der Waals surface area contributed by atoms with Gasteiger partial charge in [0.15, 0.2) is 0 Å². The standard InChI is InChI=1S/C17H11N3S/c1-2-6-12(7-3-1)16-19-20-17(21-16)14-10-13-8-4-5-9-15(13)18-11-14/h1-11H. The Kier molecular flexibility index (Phi) is 2.94. The summed E-state index contributed by atoms with van der Waals surface area (Å²) in [6, 6.07) is 20.3. The SMILES string of the molecule is c1ccc(-c2nnc(-c3cnc4ccccc4c3)s2)cc1. The second-order valence-electron chi connectivity index (χ2n) is 4.70. The van der Waals surface area contributed by atoms with Crippen LogP contribution in [0.15, 0.2) is 66.9 Å². The number of fused-ring (bicyclic) bond motifs is 1. The molecule has 21 heavy (non-hydrogen) atoms. The van der Waals surface area contributed by atoms with E-state index in [9.17, 15) is 0 Å². The van der Waals surface area contributed by atoms with Gasteiger partial charge in [0.25, 0.3) is 0 Å². The predicted octanol–water partition coefficient (Wildman–Crippen LogP) is 4.42. The number of para-hydroxylation sites is 1. The Balaban J connectivity index is 1.77. The fourth-order valence-electron chi connectivity index (χ4n) is 2.23. The number of nitrogens with zero attached hydrogens (tertiary/aromatic N) is 3. The summed E-state index contributed by atoms with van der Waals surface area (Å²) >= 11 is 1.59. The summed E-state index contributed by atoms with van der Waals surface area (Å²) in [5, 5.41) is 11.5. The lowest BCUT2D eigenvalue weighted by Gasteiger charge is -1.98. The van der Waals surface area contributed by atoms with Crippen LogP contribution in [-0.4, -0.2) is 15.2 Å². The van der Waals surface area contributed by atoms with Gasteiger partial charge in [-0.15, -0.1) is 10.2 Å². The fraction of sp³-hybridized carbons (Fsp3) is 0. The zero-order valence-electron chi connectivity index (χ0n) is 11.1. The van der Waals surface area contributed by atoms with Crippen LogP contribution in [0.2, 0.25) is 0 Å². The average Bonchev–Trinajstić information content (AvgIpc) is 3.05. The molecule has 0 aliphatic heterocycles. The van der Waals surface area contributed by atoms with E-state index in [0.29, 0.717) is 0 Å². The van der Waals surface area contributed by atoms with Gasteiger partial charge in [-0.2, -0.15) is 0 Å². The van der Waals surface area contributed by atoms with E-state index in [4.69, 9.17) is 0 Å². The number of aromatic nitrogens is 3. The Bertz CT molecular complexity index is 900. The normalized spacial score (nSPS) is 10.9. The number of benzene rings is 2. The van der Waals surface area contributed by atoms with Gasteiger partial charge in [0.1, 0.15) is 10.0 Å². The third kappa shape index (κ3) is 2.30. The van der Waals surface area contributed by atoms with E-state index in [1.54, 1.807) is 11.3 Å². The van der Waals surface area contributed by atoms with Gasteiger partial charge in [-0.1, -0.05) is 59.9 Å². The molecule has 0 saturated carbocycles. The topological polar surface area (TPSA) is 38.7 Å². The summed E-state index contributed by atoms with van der Waals surface area (Å²) in [7, 11) is 0. The first-order valence-corrected chi connectivity index (χ1v) is 7.46. The van der Waals surface area contributed by atoms with Crippen molar-refractivity contribution in [2.24, 2.45) is 0 Å². The molecular weight excluding hydrogens is 278 g/mol. The second kappa shape index (κ2) is 5.07. The van der Waals surface area contributed by atoms with Crippen molar-refractivity contribution in [1.82, 2.24) is 15.2 Å². The lowest BCUT2D eigenvalue weighted by Crippen LogP contribution is -1.82. The van der Waals surface area contributed by atoms with Crippen LogP contribution >= 0.6 is 11.3 Å². The van der Waals surface area contributed by atoms with E-state index >= 15 is 0 Å². The van der Waals surface area contributed by atoms with Crippen molar-refractivity contribution in [1.29, 1.82) is 0 Å². The lowest BCUT2D eigenvalue weighted by molar-refractivity contribution is 1.10. The van der Waals surface area contributed by atoms with E-state index in [1.807, 2.05) is 54.7 Å². The molecule has 3 nitrogen and oxygen atoms in total. The van der Waals surface area contributed by atoms with Crippen LogP contribution in [0, 0.1) is 0 Å². The van der Waals surface area contributed by atoms with Crippen molar-refractivity contribution in [2.45, 2.75) is 0 Å². The number of hydrogen-bond donors (Lipinski definition) is 0. The van der Waals surface area contributed by atoms with E-state index in [1.165, 1.54) is 0 Å². The fourth-order valence-corrected chi connectivity index (χ4v) is 3.06. The minimum atomic E-state index is 0.895. The quantitative estimate of drug-likeness (QED) is 0.548. The van der Waals surface area contributed by atoms with Gasteiger partial charge in [-0.25, -0.2) is 0 Å². The number of rotatable bonds is 2. The molecule has 0 aliphatic carbocycles. The molecule has 4 rings (SSSR count). The highest BCUT2D eigenvalue weighted by molar-refractivity contribution is 7.17. The van der Waals surface area contributed by atoms with Crippen LogP contribution in [0.1, 0.15) is 0 Å². The van der Waals surface area contributed by atoms with Crippen molar-refractivity contribution in [3.63, 3.8) is 0 Å². The highest BCUT2D eigenvalue weighted by atomic mass is 32.1. The van der Waals surface area contributed by atoms with Crippen LogP contribution in [0.25, 0.3) is 32.0 Å². The molecule has 0 fully saturated rings. The van der Waals surface area contributed by atoms with E-state index in [0.717, 1.165) is 32.0 Å². The smallest absolute Gasteiger partial charge is 0.149 e. The monoisotopic (exact) mass is 289 g/mol. The van der Waals surface area contributed by atoms with E-state index < -0.39 is 0 Å². The minimum Gasteiger partial charge on any atom is -0.256 e. The first kappa shape index (κ1) is 12.2. The molecule has 2 heterocycles. The summed E-state index contributed by atoms with van der Waals surface area (Å²) in [5.74, 6) is 0. The largest absolute Gasteiger partial charge is 0.256 e. The minimum absolute atomic E-state index is 0.895. The Morgan fingerprint density at radius 3 is 2.29 bits per heavy atom. The molecule has 0 atom stereocenters. The number of pyridine rings is 1. The van der Waals surface area contributed by atoms with Crippen LogP contribution in [0.4, 0.5) is 0 Å². The van der Waals surface area contributed by atoms with Gasteiger partial charge in [0.2, 0.25) is 0 Å². The van der Waals surface area contributed by atoms with Crippen molar-refractivity contribution in [3.8, 4) is 21.1 Å². The van der Waals surface area contributed by atoms with E-state index in [-0.39, 0.29) is 0 Å². The van der Waals surface area contributed by atoms with Crippen molar-refractivity contribution in [3.05, 3.63) is 66.9 Å². The molecule has 0 saturated heterocycles. The maximum Gasteiger partial charge on any atom is 0.149 e. The van der Waals surface area contributed by atoms with Crippen LogP contribution in [-0.2, 0) is 0 Å². The highest BCUT2D eigenvalue weighted by Crippen LogP contribution is 2.30. The molecule has 4 aromatic rings. The van der Waals surface area contributed by atoms with Crippen LogP contribution < -0.4 is 0 Å². The molecule has 0 aliphatic rings. The lowest BCUT2D eigenvalue weighted by atomic mass is 10.2. The van der Waals surface area contributed by atoms with Crippen molar-refractivity contribution < 1.29 is 0 Å². The summed E-state index contributed by atoms with van der Waals surface area (Å²) in [4.78, 5) is 4.48. The summed E-state index contributed by atoms with van der Waals surface area (Å²) in [6.45, 7) is 0. The summed E-state index contributed by atoms with van der Waals surface area (Å²) in [6.07, 6.45) is 1.86. The highest BCUT2D eigenvalue weighted by Gasteiger charge is 2.09. The van der Waals surface area contributed by atoms with Crippen LogP contribution in [0.3, 0.4) is 0 Å². The van der Waals surface area contributed by atoms with Crippen LogP contribution in [0.5, 0.6) is 0 Å². The molecule has 0 unspecified atom stereocenters. The van der Waals surface area contributed by atoms with Gasteiger partial charge in [-0.05, 0) is 12.1 Å². The Morgan fingerprint density at radius 2 is 1.43 bits per heavy atom. The van der Waals surface area contributed by atoms with Gasteiger partial charge < -0.3 is 0 Å². The molecule has 0 spiro atoms. The maximum atomic E-state index is 4.48. The molecular formula is C17H11N3S. The van der Waals surface area contributed by atoms with Gasteiger partial charge in [0.05, 0.1) is 5.52 Å². The molecule has 2 aromatic heterocycles. The molecule has 0 amide bonds. The second-order valence-corrected chi connectivity index (χ2v) is 5.67. The Labute approximate surface area is 125 Å². The van der Waals surface area contributed by atoms with Crippen molar-refractivity contribution >= 4 is 22.2 Å². The molecule has 0 N–H and O–H groups in total. The third-order valence-corrected chi connectivity index (χ3v) is 4.30. The first-order chi connectivity index (χ1) is 10.4. The molecule has 2 aromatic carbocycles. The molecule has 100 valence electrons. The van der Waals surface area contributed by atoms with Crippen molar-refractivity contribution in [2.75, 3.05) is 0 Å². The summed E-state index contributed by atoms with van der Waals surface area (Å²) in [5.41, 5.74) is 3.09. The molecule has 0 bridgehead atoms. The zero-order valence-corrected chi connectivity index (χ0v) is 11.9. The van der Waals surface area contributed by atoms with Gasteiger partial charge in [0, 0.05) is 22.7 Å². The average molecular weight is 289 g/mol. The predicted molar refractivity (Wildman–Crippen MR) is 86.1 cm³/mol. The molecule has 0 radical (unpaired) electrons. The first-order valence-electron chi connectivity index (χ1n) is 6.64. The zero-order chi connectivity index (χ0) is 14.1. The Hall–Kier alpha value is -2.59. The third-order valence-electron chi connectivity index (χ3n) is 3.28.